The summed E-state index contributed by atoms with van der Waals surface area (Å²) in [6.45, 7) is 1.06. The van der Waals surface area contributed by atoms with Crippen molar-refractivity contribution < 1.29 is 4.52 Å². The van der Waals surface area contributed by atoms with Crippen molar-refractivity contribution in [3.05, 3.63) is 59.9 Å². The number of hydrogen-bond donors (Lipinski definition) is 0. The molecule has 4 rings (SSSR count). The maximum Gasteiger partial charge on any atom is 0.244 e. The van der Waals surface area contributed by atoms with Crippen LogP contribution in [0.3, 0.4) is 0 Å². The van der Waals surface area contributed by atoms with Crippen molar-refractivity contribution in [2.45, 2.75) is 12.5 Å². The minimum absolute atomic E-state index is 0.231. The Morgan fingerprint density at radius 3 is 2.79 bits per heavy atom. The fraction of sp³-hybridized carbons (Fsp3) is 0.222. The third kappa shape index (κ3) is 2.90. The molecule has 118 valence electrons. The number of rotatable bonds is 2. The number of likely N-dealkylation sites (tertiary alicyclic amines) is 1. The van der Waals surface area contributed by atoms with Crippen molar-refractivity contribution in [3.63, 3.8) is 0 Å². The molecular formula is C18H15N5O. The Morgan fingerprint density at radius 1 is 1.17 bits per heavy atom. The van der Waals surface area contributed by atoms with Crippen LogP contribution in [-0.2, 0) is 0 Å². The Kier molecular flexibility index (Phi) is 3.77. The highest BCUT2D eigenvalue weighted by Gasteiger charge is 2.31. The van der Waals surface area contributed by atoms with Crippen molar-refractivity contribution >= 4 is 0 Å². The molecule has 1 saturated heterocycles. The van der Waals surface area contributed by atoms with Gasteiger partial charge >= 0.3 is 0 Å². The SMILES string of the molecule is CN1CCC1c1nc(-c2ccc(C#Cc3ccccn3)cn2)no1. The lowest BCUT2D eigenvalue weighted by molar-refractivity contribution is 0.0951. The molecule has 24 heavy (non-hydrogen) atoms. The highest BCUT2D eigenvalue weighted by Crippen LogP contribution is 2.30. The van der Waals surface area contributed by atoms with Crippen LogP contribution >= 0.6 is 0 Å². The van der Waals surface area contributed by atoms with E-state index >= 15 is 0 Å². The lowest BCUT2D eigenvalue weighted by atomic mass is 10.1. The van der Waals surface area contributed by atoms with Gasteiger partial charge in [-0.3, -0.25) is 9.88 Å². The van der Waals surface area contributed by atoms with Crippen LogP contribution in [0.25, 0.3) is 11.5 Å². The Bertz CT molecular complexity index is 892. The van der Waals surface area contributed by atoms with Gasteiger partial charge in [0.15, 0.2) is 0 Å². The van der Waals surface area contributed by atoms with Gasteiger partial charge in [-0.15, -0.1) is 0 Å². The van der Waals surface area contributed by atoms with Gasteiger partial charge in [0.1, 0.15) is 11.4 Å². The third-order valence-electron chi connectivity index (χ3n) is 4.01. The van der Waals surface area contributed by atoms with Gasteiger partial charge in [-0.25, -0.2) is 4.98 Å². The first kappa shape index (κ1) is 14.5. The van der Waals surface area contributed by atoms with E-state index in [-0.39, 0.29) is 6.04 Å². The van der Waals surface area contributed by atoms with Crippen LogP contribution in [0, 0.1) is 11.8 Å². The quantitative estimate of drug-likeness (QED) is 0.676. The van der Waals surface area contributed by atoms with E-state index < -0.39 is 0 Å². The first-order valence-corrected chi connectivity index (χ1v) is 7.73. The van der Waals surface area contributed by atoms with Crippen LogP contribution in [-0.4, -0.2) is 38.6 Å². The van der Waals surface area contributed by atoms with Crippen molar-refractivity contribution in [2.24, 2.45) is 0 Å². The lowest BCUT2D eigenvalue weighted by Crippen LogP contribution is -2.37. The van der Waals surface area contributed by atoms with E-state index in [0.29, 0.717) is 17.4 Å². The van der Waals surface area contributed by atoms with E-state index in [2.05, 4.69) is 36.8 Å². The largest absolute Gasteiger partial charge is 0.337 e. The zero-order valence-corrected chi connectivity index (χ0v) is 13.2. The van der Waals surface area contributed by atoms with E-state index in [9.17, 15) is 0 Å². The molecule has 6 nitrogen and oxygen atoms in total. The summed E-state index contributed by atoms with van der Waals surface area (Å²) in [6, 6.07) is 9.61. The van der Waals surface area contributed by atoms with Crippen molar-refractivity contribution in [2.75, 3.05) is 13.6 Å². The van der Waals surface area contributed by atoms with E-state index in [4.69, 9.17) is 4.52 Å². The van der Waals surface area contributed by atoms with Gasteiger partial charge < -0.3 is 4.52 Å². The normalized spacial score (nSPS) is 17.0. The lowest BCUT2D eigenvalue weighted by Gasteiger charge is -2.34. The molecule has 0 spiro atoms. The molecule has 4 heterocycles. The van der Waals surface area contributed by atoms with Crippen molar-refractivity contribution in [3.8, 4) is 23.4 Å². The van der Waals surface area contributed by atoms with E-state index in [1.165, 1.54) is 0 Å². The van der Waals surface area contributed by atoms with Gasteiger partial charge in [-0.05, 0) is 43.7 Å². The molecule has 0 amide bonds. The van der Waals surface area contributed by atoms with Crippen LogP contribution in [0.2, 0.25) is 0 Å². The maximum absolute atomic E-state index is 5.35. The van der Waals surface area contributed by atoms with E-state index in [0.717, 1.165) is 24.2 Å². The molecular weight excluding hydrogens is 302 g/mol. The standard InChI is InChI=1S/C18H15N5O/c1-23-11-9-16(23)18-21-17(22-24-18)15-8-6-13(12-20-15)5-7-14-4-2-3-10-19-14/h2-4,6,8,10,12,16H,9,11H2,1H3. The van der Waals surface area contributed by atoms with Gasteiger partial charge in [0.25, 0.3) is 0 Å². The zero-order valence-electron chi connectivity index (χ0n) is 13.2. The molecule has 6 heteroatoms. The topological polar surface area (TPSA) is 67.9 Å². The predicted molar refractivity (Wildman–Crippen MR) is 87.7 cm³/mol. The number of aromatic nitrogens is 4. The van der Waals surface area contributed by atoms with Gasteiger partial charge in [-0.2, -0.15) is 4.98 Å². The number of pyridine rings is 2. The van der Waals surface area contributed by atoms with Gasteiger partial charge in [0, 0.05) is 24.5 Å². The highest BCUT2D eigenvalue weighted by molar-refractivity contribution is 5.50. The molecule has 1 aliphatic heterocycles. The summed E-state index contributed by atoms with van der Waals surface area (Å²) in [5.41, 5.74) is 2.22. The smallest absolute Gasteiger partial charge is 0.244 e. The summed E-state index contributed by atoms with van der Waals surface area (Å²) in [4.78, 5) is 15.2. The van der Waals surface area contributed by atoms with Gasteiger partial charge in [-0.1, -0.05) is 17.1 Å². The maximum atomic E-state index is 5.35. The fourth-order valence-electron chi connectivity index (χ4n) is 2.48. The van der Waals surface area contributed by atoms with Crippen molar-refractivity contribution in [1.29, 1.82) is 0 Å². The number of nitrogens with zero attached hydrogens (tertiary/aromatic N) is 5. The molecule has 1 unspecified atom stereocenters. The summed E-state index contributed by atoms with van der Waals surface area (Å²) in [5, 5.41) is 4.03. The summed E-state index contributed by atoms with van der Waals surface area (Å²) < 4.78 is 5.35. The van der Waals surface area contributed by atoms with E-state index in [1.54, 1.807) is 12.4 Å². The predicted octanol–water partition coefficient (Wildman–Crippen LogP) is 2.30. The molecule has 1 fully saturated rings. The molecule has 1 atom stereocenters. The number of hydrogen-bond acceptors (Lipinski definition) is 6. The zero-order chi connectivity index (χ0) is 16.4. The van der Waals surface area contributed by atoms with Crippen LogP contribution in [0.1, 0.15) is 29.6 Å². The average molecular weight is 317 g/mol. The second kappa shape index (κ2) is 6.22. The Labute approximate surface area is 139 Å². The fourth-order valence-corrected chi connectivity index (χ4v) is 2.48. The minimum Gasteiger partial charge on any atom is -0.337 e. The van der Waals surface area contributed by atoms with E-state index in [1.807, 2.05) is 37.4 Å². The summed E-state index contributed by atoms with van der Waals surface area (Å²) in [5.74, 6) is 7.21. The molecule has 0 aliphatic carbocycles. The molecule has 0 aromatic carbocycles. The van der Waals surface area contributed by atoms with Gasteiger partial charge in [0.2, 0.25) is 11.7 Å². The van der Waals surface area contributed by atoms with Crippen LogP contribution in [0.15, 0.2) is 47.2 Å². The molecule has 3 aromatic heterocycles. The molecule has 0 saturated carbocycles. The minimum atomic E-state index is 0.231. The summed E-state index contributed by atoms with van der Waals surface area (Å²) in [6.07, 6.45) is 4.48. The molecule has 0 N–H and O–H groups in total. The van der Waals surface area contributed by atoms with Crippen LogP contribution in [0.4, 0.5) is 0 Å². The highest BCUT2D eigenvalue weighted by atomic mass is 16.5. The first-order valence-electron chi connectivity index (χ1n) is 7.73. The second-order valence-corrected chi connectivity index (χ2v) is 5.64. The van der Waals surface area contributed by atoms with Crippen LogP contribution < -0.4 is 0 Å². The first-order chi connectivity index (χ1) is 11.8. The molecule has 0 radical (unpaired) electrons. The third-order valence-corrected chi connectivity index (χ3v) is 4.01. The Balaban J connectivity index is 1.51. The molecule has 1 aliphatic rings. The molecule has 3 aromatic rings. The van der Waals surface area contributed by atoms with Crippen molar-refractivity contribution in [1.82, 2.24) is 25.0 Å². The second-order valence-electron chi connectivity index (χ2n) is 5.64. The van der Waals surface area contributed by atoms with Gasteiger partial charge in [0.05, 0.1) is 6.04 Å². The summed E-state index contributed by atoms with van der Waals surface area (Å²) >= 11 is 0. The molecule has 0 bridgehead atoms. The van der Waals surface area contributed by atoms with Crippen LogP contribution in [0.5, 0.6) is 0 Å². The average Bonchev–Trinajstić information content (AvgIpc) is 3.09. The monoisotopic (exact) mass is 317 g/mol. The summed E-state index contributed by atoms with van der Waals surface area (Å²) in [7, 11) is 2.05. The Hall–Kier alpha value is -3.04. The Morgan fingerprint density at radius 2 is 2.12 bits per heavy atom.